The molecular formula is C23H25F2N3O4S. The van der Waals surface area contributed by atoms with Gasteiger partial charge < -0.3 is 24.6 Å². The first kappa shape index (κ1) is 24.2. The van der Waals surface area contributed by atoms with Gasteiger partial charge >= 0.3 is 6.61 Å². The van der Waals surface area contributed by atoms with Gasteiger partial charge in [-0.25, -0.2) is 0 Å². The van der Waals surface area contributed by atoms with Crippen LogP contribution >= 0.6 is 11.3 Å². The molecule has 176 valence electrons. The molecule has 0 bridgehead atoms. The first-order valence-corrected chi connectivity index (χ1v) is 11.0. The number of hydrogen-bond donors (Lipinski definition) is 1. The van der Waals surface area contributed by atoms with Crippen LogP contribution in [0.3, 0.4) is 0 Å². The molecule has 2 heterocycles. The van der Waals surface area contributed by atoms with Gasteiger partial charge in [-0.15, -0.1) is 11.3 Å². The van der Waals surface area contributed by atoms with E-state index in [0.29, 0.717) is 11.1 Å². The zero-order valence-corrected chi connectivity index (χ0v) is 19.3. The van der Waals surface area contributed by atoms with Crippen LogP contribution in [0.5, 0.6) is 11.5 Å². The SMILES string of the molecule is COc1cc(/C(N)=N/OCC(=O)c2cc(C)n(CCc3cccs3)c2C)ccc1OC(F)F. The Morgan fingerprint density at radius 2 is 2.00 bits per heavy atom. The number of oxime groups is 1. The molecule has 0 fully saturated rings. The number of ketones is 1. The van der Waals surface area contributed by atoms with Crippen LogP contribution in [0.15, 0.2) is 46.9 Å². The highest BCUT2D eigenvalue weighted by Crippen LogP contribution is 2.29. The van der Waals surface area contributed by atoms with Crippen molar-refractivity contribution < 1.29 is 27.9 Å². The molecule has 2 N–H and O–H groups in total. The molecule has 3 aromatic rings. The lowest BCUT2D eigenvalue weighted by molar-refractivity contribution is -0.0512. The number of thiophene rings is 1. The maximum Gasteiger partial charge on any atom is 0.387 e. The summed E-state index contributed by atoms with van der Waals surface area (Å²) in [6.07, 6.45) is 0.892. The maximum absolute atomic E-state index is 12.7. The van der Waals surface area contributed by atoms with Gasteiger partial charge in [0.2, 0.25) is 5.78 Å². The van der Waals surface area contributed by atoms with Crippen LogP contribution in [-0.2, 0) is 17.8 Å². The zero-order chi connectivity index (χ0) is 24.0. The summed E-state index contributed by atoms with van der Waals surface area (Å²) in [5.74, 6) is -0.321. The summed E-state index contributed by atoms with van der Waals surface area (Å²) in [7, 11) is 1.32. The number of aryl methyl sites for hydroxylation is 2. The molecule has 10 heteroatoms. The molecule has 2 aromatic heterocycles. The molecule has 0 amide bonds. The number of benzene rings is 1. The number of hydrogen-bond acceptors (Lipinski definition) is 6. The lowest BCUT2D eigenvalue weighted by atomic mass is 10.1. The van der Waals surface area contributed by atoms with E-state index in [4.69, 9.17) is 15.3 Å². The number of aromatic nitrogens is 1. The van der Waals surface area contributed by atoms with Crippen molar-refractivity contribution in [1.82, 2.24) is 4.57 Å². The lowest BCUT2D eigenvalue weighted by Crippen LogP contribution is -2.16. The number of halogens is 2. The van der Waals surface area contributed by atoms with Crippen LogP contribution in [0.4, 0.5) is 8.78 Å². The summed E-state index contributed by atoms with van der Waals surface area (Å²) < 4.78 is 36.5. The number of nitrogens with two attached hydrogens (primary N) is 1. The van der Waals surface area contributed by atoms with E-state index in [0.717, 1.165) is 24.4 Å². The first-order chi connectivity index (χ1) is 15.8. The van der Waals surface area contributed by atoms with Crippen molar-refractivity contribution in [3.05, 3.63) is 69.2 Å². The minimum atomic E-state index is -2.98. The lowest BCUT2D eigenvalue weighted by Gasteiger charge is -2.11. The molecule has 3 rings (SSSR count). The second kappa shape index (κ2) is 11.0. The minimum absolute atomic E-state index is 0.0360. The smallest absolute Gasteiger partial charge is 0.387 e. The molecule has 33 heavy (non-hydrogen) atoms. The molecule has 1 aromatic carbocycles. The van der Waals surface area contributed by atoms with Crippen LogP contribution in [0, 0.1) is 13.8 Å². The summed E-state index contributed by atoms with van der Waals surface area (Å²) in [6, 6.07) is 10.1. The monoisotopic (exact) mass is 477 g/mol. The average Bonchev–Trinajstić information content (AvgIpc) is 3.39. The van der Waals surface area contributed by atoms with E-state index in [1.54, 1.807) is 11.3 Å². The van der Waals surface area contributed by atoms with Gasteiger partial charge in [-0.05, 0) is 56.0 Å². The molecule has 0 saturated carbocycles. The Kier molecular flexibility index (Phi) is 8.05. The number of alkyl halides is 2. The Hall–Kier alpha value is -3.40. The van der Waals surface area contributed by atoms with Crippen molar-refractivity contribution in [2.75, 3.05) is 13.7 Å². The molecule has 0 radical (unpaired) electrons. The van der Waals surface area contributed by atoms with E-state index >= 15 is 0 Å². The van der Waals surface area contributed by atoms with Crippen molar-refractivity contribution in [2.45, 2.75) is 33.4 Å². The van der Waals surface area contributed by atoms with E-state index in [-0.39, 0.29) is 29.7 Å². The van der Waals surface area contributed by atoms with Gasteiger partial charge in [0.15, 0.2) is 23.9 Å². The van der Waals surface area contributed by atoms with Crippen LogP contribution in [0.1, 0.15) is 32.2 Å². The predicted octanol–water partition coefficient (Wildman–Crippen LogP) is 4.54. The molecule has 0 atom stereocenters. The minimum Gasteiger partial charge on any atom is -0.493 e. The van der Waals surface area contributed by atoms with Crippen molar-refractivity contribution >= 4 is 23.0 Å². The predicted molar refractivity (Wildman–Crippen MR) is 123 cm³/mol. The quantitative estimate of drug-likeness (QED) is 0.190. The maximum atomic E-state index is 12.7. The standard InChI is InChI=1S/C23H25F2N3O4S/c1-14-11-18(15(2)28(14)9-8-17-5-4-10-33-17)19(29)13-31-27-22(26)16-6-7-20(32-23(24)25)21(12-16)30-3/h4-7,10-12,23H,8-9,13H2,1-3H3,(H2,26,27). The van der Waals surface area contributed by atoms with Gasteiger partial charge in [0.05, 0.1) is 7.11 Å². The number of nitrogens with zero attached hydrogens (tertiary/aromatic N) is 2. The summed E-state index contributed by atoms with van der Waals surface area (Å²) in [4.78, 5) is 19.1. The third-order valence-corrected chi connectivity index (χ3v) is 6.01. The van der Waals surface area contributed by atoms with Gasteiger partial charge in [-0.2, -0.15) is 8.78 Å². The topological polar surface area (TPSA) is 88.1 Å². The fourth-order valence-electron chi connectivity index (χ4n) is 3.42. The normalized spacial score (nSPS) is 11.6. The van der Waals surface area contributed by atoms with Gasteiger partial charge in [0.25, 0.3) is 0 Å². The van der Waals surface area contributed by atoms with Crippen LogP contribution in [-0.4, -0.2) is 36.5 Å². The summed E-state index contributed by atoms with van der Waals surface area (Å²) in [5.41, 5.74) is 8.71. The van der Waals surface area contributed by atoms with E-state index in [9.17, 15) is 13.6 Å². The molecule has 0 aliphatic rings. The third-order valence-electron chi connectivity index (χ3n) is 5.07. The Bertz CT molecular complexity index is 1130. The van der Waals surface area contributed by atoms with Gasteiger partial charge in [0, 0.05) is 33.9 Å². The molecule has 0 aliphatic carbocycles. The summed E-state index contributed by atoms with van der Waals surface area (Å²) in [6.45, 7) is 1.37. The number of rotatable bonds is 11. The zero-order valence-electron chi connectivity index (χ0n) is 18.5. The number of Topliss-reactive ketones (excluding diaryl/α,β-unsaturated/α-hetero) is 1. The van der Waals surface area contributed by atoms with Crippen LogP contribution in [0.2, 0.25) is 0 Å². The van der Waals surface area contributed by atoms with Crippen molar-refractivity contribution in [1.29, 1.82) is 0 Å². The highest BCUT2D eigenvalue weighted by atomic mass is 32.1. The highest BCUT2D eigenvalue weighted by molar-refractivity contribution is 7.09. The molecule has 0 aliphatic heterocycles. The first-order valence-electron chi connectivity index (χ1n) is 10.1. The van der Waals surface area contributed by atoms with Crippen molar-refractivity contribution in [3.63, 3.8) is 0 Å². The number of carbonyl (C=O) groups is 1. The number of methoxy groups -OCH3 is 1. The van der Waals surface area contributed by atoms with E-state index in [2.05, 4.69) is 20.5 Å². The Morgan fingerprint density at radius 3 is 2.67 bits per heavy atom. The molecular weight excluding hydrogens is 452 g/mol. The number of ether oxygens (including phenoxy) is 2. The Balaban J connectivity index is 1.63. The largest absolute Gasteiger partial charge is 0.493 e. The Labute approximate surface area is 194 Å². The number of carbonyl (C=O) groups excluding carboxylic acids is 1. The van der Waals surface area contributed by atoms with E-state index in [1.165, 1.54) is 30.2 Å². The Morgan fingerprint density at radius 1 is 1.21 bits per heavy atom. The van der Waals surface area contributed by atoms with E-state index in [1.807, 2.05) is 31.4 Å². The van der Waals surface area contributed by atoms with Crippen molar-refractivity contribution in [2.24, 2.45) is 10.9 Å². The van der Waals surface area contributed by atoms with Crippen LogP contribution in [0.25, 0.3) is 0 Å². The summed E-state index contributed by atoms with van der Waals surface area (Å²) >= 11 is 1.71. The second-order valence-electron chi connectivity index (χ2n) is 7.18. The molecule has 7 nitrogen and oxygen atoms in total. The molecule has 0 saturated heterocycles. The fourth-order valence-corrected chi connectivity index (χ4v) is 4.11. The third kappa shape index (κ3) is 6.10. The second-order valence-corrected chi connectivity index (χ2v) is 8.22. The van der Waals surface area contributed by atoms with Gasteiger partial charge in [-0.3, -0.25) is 4.79 Å². The van der Waals surface area contributed by atoms with Crippen molar-refractivity contribution in [3.8, 4) is 11.5 Å². The highest BCUT2D eigenvalue weighted by Gasteiger charge is 2.17. The summed E-state index contributed by atoms with van der Waals surface area (Å²) in [5, 5.41) is 5.83. The van der Waals surface area contributed by atoms with Crippen LogP contribution < -0.4 is 15.2 Å². The fraction of sp³-hybridized carbons (Fsp3) is 0.304. The average molecular weight is 478 g/mol. The van der Waals surface area contributed by atoms with Gasteiger partial charge in [0.1, 0.15) is 0 Å². The van der Waals surface area contributed by atoms with Gasteiger partial charge in [-0.1, -0.05) is 11.2 Å². The molecule has 0 unspecified atom stereocenters. The molecule has 0 spiro atoms. The number of amidine groups is 1. The van der Waals surface area contributed by atoms with E-state index < -0.39 is 6.61 Å².